The zero-order valence-electron chi connectivity index (χ0n) is 9.80. The van der Waals surface area contributed by atoms with Crippen LogP contribution in [0, 0.1) is 3.57 Å². The van der Waals surface area contributed by atoms with Gasteiger partial charge in [0.15, 0.2) is 12.0 Å². The SMILES string of the molecule is NC1=C(c2cccc(I)c2)C(=O)C(c2cccs2)O1. The van der Waals surface area contributed by atoms with Crippen molar-refractivity contribution < 1.29 is 9.53 Å². The first-order chi connectivity index (χ1) is 9.16. The van der Waals surface area contributed by atoms with Crippen molar-refractivity contribution in [3.8, 4) is 0 Å². The third-order valence-electron chi connectivity index (χ3n) is 2.89. The second-order valence-corrected chi connectivity index (χ2v) is 6.35. The predicted molar refractivity (Wildman–Crippen MR) is 83.4 cm³/mol. The van der Waals surface area contributed by atoms with E-state index in [2.05, 4.69) is 22.6 Å². The summed E-state index contributed by atoms with van der Waals surface area (Å²) >= 11 is 3.71. The van der Waals surface area contributed by atoms with E-state index in [-0.39, 0.29) is 11.7 Å². The maximum Gasteiger partial charge on any atom is 0.214 e. The maximum absolute atomic E-state index is 12.5. The Morgan fingerprint density at radius 3 is 2.79 bits per heavy atom. The molecule has 0 saturated heterocycles. The number of hydrogen-bond acceptors (Lipinski definition) is 4. The fourth-order valence-electron chi connectivity index (χ4n) is 2.05. The third kappa shape index (κ3) is 2.28. The molecule has 1 aromatic heterocycles. The Morgan fingerprint density at radius 2 is 2.11 bits per heavy atom. The normalized spacial score (nSPS) is 18.8. The second-order valence-electron chi connectivity index (χ2n) is 4.13. The van der Waals surface area contributed by atoms with Gasteiger partial charge in [-0.1, -0.05) is 18.2 Å². The number of halogens is 1. The predicted octanol–water partition coefficient (Wildman–Crippen LogP) is 3.32. The van der Waals surface area contributed by atoms with Crippen molar-refractivity contribution >= 4 is 45.3 Å². The minimum absolute atomic E-state index is 0.0676. The molecule has 96 valence electrons. The molecule has 0 radical (unpaired) electrons. The highest BCUT2D eigenvalue weighted by molar-refractivity contribution is 14.1. The van der Waals surface area contributed by atoms with E-state index in [0.29, 0.717) is 5.57 Å². The molecule has 2 heterocycles. The van der Waals surface area contributed by atoms with Crippen LogP contribution < -0.4 is 5.73 Å². The second kappa shape index (κ2) is 4.97. The molecule has 5 heteroatoms. The van der Waals surface area contributed by atoms with Gasteiger partial charge in [-0.05, 0) is 51.7 Å². The molecule has 1 aromatic carbocycles. The number of rotatable bonds is 2. The summed E-state index contributed by atoms with van der Waals surface area (Å²) in [5.74, 6) is 0.146. The largest absolute Gasteiger partial charge is 0.461 e. The van der Waals surface area contributed by atoms with E-state index >= 15 is 0 Å². The quantitative estimate of drug-likeness (QED) is 0.810. The molecule has 1 unspecified atom stereocenters. The first-order valence-electron chi connectivity index (χ1n) is 5.67. The van der Waals surface area contributed by atoms with Crippen LogP contribution in [0.2, 0.25) is 0 Å². The van der Waals surface area contributed by atoms with E-state index in [4.69, 9.17) is 10.5 Å². The maximum atomic E-state index is 12.5. The average molecular weight is 383 g/mol. The van der Waals surface area contributed by atoms with Gasteiger partial charge in [-0.15, -0.1) is 11.3 Å². The number of nitrogens with two attached hydrogens (primary N) is 1. The monoisotopic (exact) mass is 383 g/mol. The summed E-state index contributed by atoms with van der Waals surface area (Å²) in [4.78, 5) is 13.4. The van der Waals surface area contributed by atoms with Crippen LogP contribution in [0.4, 0.5) is 0 Å². The van der Waals surface area contributed by atoms with Crippen molar-refractivity contribution in [1.29, 1.82) is 0 Å². The summed E-state index contributed by atoms with van der Waals surface area (Å²) in [5.41, 5.74) is 7.18. The Balaban J connectivity index is 1.99. The Labute approximate surface area is 128 Å². The van der Waals surface area contributed by atoms with Gasteiger partial charge in [0.05, 0.1) is 10.5 Å². The van der Waals surface area contributed by atoms with Crippen LogP contribution in [-0.4, -0.2) is 5.78 Å². The lowest BCUT2D eigenvalue weighted by molar-refractivity contribution is -0.120. The van der Waals surface area contributed by atoms with Crippen molar-refractivity contribution in [2.45, 2.75) is 6.10 Å². The summed E-state index contributed by atoms with van der Waals surface area (Å²) in [7, 11) is 0. The van der Waals surface area contributed by atoms with Crippen molar-refractivity contribution in [3.05, 3.63) is 61.7 Å². The van der Waals surface area contributed by atoms with Gasteiger partial charge in [0.1, 0.15) is 0 Å². The average Bonchev–Trinajstić information content (AvgIpc) is 2.97. The molecular weight excluding hydrogens is 373 g/mol. The highest BCUT2D eigenvalue weighted by atomic mass is 127. The van der Waals surface area contributed by atoms with E-state index in [0.717, 1.165) is 14.0 Å². The van der Waals surface area contributed by atoms with Crippen molar-refractivity contribution in [2.75, 3.05) is 0 Å². The molecule has 19 heavy (non-hydrogen) atoms. The van der Waals surface area contributed by atoms with Crippen LogP contribution in [0.3, 0.4) is 0 Å². The molecular formula is C14H10INO2S. The lowest BCUT2D eigenvalue weighted by Gasteiger charge is -2.06. The Morgan fingerprint density at radius 1 is 1.26 bits per heavy atom. The molecule has 3 nitrogen and oxygen atoms in total. The third-order valence-corrected chi connectivity index (χ3v) is 4.48. The van der Waals surface area contributed by atoms with E-state index < -0.39 is 6.10 Å². The lowest BCUT2D eigenvalue weighted by Crippen LogP contribution is -2.08. The lowest BCUT2D eigenvalue weighted by atomic mass is 10.0. The minimum atomic E-state index is -0.590. The van der Waals surface area contributed by atoms with Crippen LogP contribution in [0.25, 0.3) is 5.57 Å². The zero-order chi connectivity index (χ0) is 13.4. The van der Waals surface area contributed by atoms with Crippen LogP contribution in [-0.2, 0) is 9.53 Å². The van der Waals surface area contributed by atoms with Crippen molar-refractivity contribution in [3.63, 3.8) is 0 Å². The van der Waals surface area contributed by atoms with Crippen molar-refractivity contribution in [2.24, 2.45) is 5.73 Å². The van der Waals surface area contributed by atoms with Gasteiger partial charge in [-0.3, -0.25) is 4.79 Å². The minimum Gasteiger partial charge on any atom is -0.461 e. The first kappa shape index (κ1) is 12.7. The summed E-state index contributed by atoms with van der Waals surface area (Å²) < 4.78 is 6.60. The number of thiophene rings is 1. The number of benzene rings is 1. The Bertz CT molecular complexity index is 664. The molecule has 0 bridgehead atoms. The van der Waals surface area contributed by atoms with Gasteiger partial charge in [0.25, 0.3) is 0 Å². The number of Topliss-reactive ketones (excluding diaryl/α,β-unsaturated/α-hetero) is 1. The molecule has 0 fully saturated rings. The van der Waals surface area contributed by atoms with Crippen LogP contribution in [0.1, 0.15) is 16.5 Å². The van der Waals surface area contributed by atoms with Crippen LogP contribution >= 0.6 is 33.9 Å². The van der Waals surface area contributed by atoms with Gasteiger partial charge < -0.3 is 10.5 Å². The van der Waals surface area contributed by atoms with Crippen LogP contribution in [0.5, 0.6) is 0 Å². The number of ketones is 1. The smallest absolute Gasteiger partial charge is 0.214 e. The summed E-state index contributed by atoms with van der Waals surface area (Å²) in [6.45, 7) is 0. The molecule has 3 rings (SSSR count). The number of hydrogen-bond donors (Lipinski definition) is 1. The molecule has 0 saturated carbocycles. The molecule has 0 spiro atoms. The van der Waals surface area contributed by atoms with Gasteiger partial charge in [0, 0.05) is 3.57 Å². The molecule has 2 aromatic rings. The summed E-state index contributed by atoms with van der Waals surface area (Å²) in [6.07, 6.45) is -0.590. The highest BCUT2D eigenvalue weighted by Crippen LogP contribution is 2.37. The van der Waals surface area contributed by atoms with E-state index in [1.807, 2.05) is 41.8 Å². The van der Waals surface area contributed by atoms with Crippen LogP contribution in [0.15, 0.2) is 47.7 Å². The van der Waals surface area contributed by atoms with Gasteiger partial charge in [-0.25, -0.2) is 0 Å². The zero-order valence-corrected chi connectivity index (χ0v) is 12.8. The summed E-state index contributed by atoms with van der Waals surface area (Å²) in [5, 5.41) is 1.92. The molecule has 0 aliphatic carbocycles. The van der Waals surface area contributed by atoms with E-state index in [1.165, 1.54) is 11.3 Å². The number of carbonyl (C=O) groups excluding carboxylic acids is 1. The molecule has 1 aliphatic heterocycles. The van der Waals surface area contributed by atoms with Gasteiger partial charge in [0.2, 0.25) is 5.78 Å². The van der Waals surface area contributed by atoms with E-state index in [1.54, 1.807) is 0 Å². The molecule has 1 aliphatic rings. The summed E-state index contributed by atoms with van der Waals surface area (Å²) in [6, 6.07) is 11.5. The standard InChI is InChI=1S/C14H10INO2S/c15-9-4-1-3-8(7-9)11-12(17)13(18-14(11)16)10-5-2-6-19-10/h1-7,13H,16H2. The molecule has 0 amide bonds. The number of carbonyl (C=O) groups is 1. The fraction of sp³-hybridized carbons (Fsp3) is 0.0714. The Hall–Kier alpha value is -1.34. The topological polar surface area (TPSA) is 52.3 Å². The first-order valence-corrected chi connectivity index (χ1v) is 7.62. The number of ether oxygens (including phenoxy) is 1. The molecule has 2 N–H and O–H groups in total. The molecule has 1 atom stereocenters. The van der Waals surface area contributed by atoms with Crippen molar-refractivity contribution in [1.82, 2.24) is 0 Å². The van der Waals surface area contributed by atoms with Gasteiger partial charge in [-0.2, -0.15) is 0 Å². The Kier molecular flexibility index (Phi) is 3.32. The van der Waals surface area contributed by atoms with E-state index in [9.17, 15) is 4.79 Å². The fourth-order valence-corrected chi connectivity index (χ4v) is 3.34. The van der Waals surface area contributed by atoms with Gasteiger partial charge >= 0.3 is 0 Å². The highest BCUT2D eigenvalue weighted by Gasteiger charge is 2.36.